The van der Waals surface area contributed by atoms with Crippen molar-refractivity contribution in [3.05, 3.63) is 58.9 Å². The number of hydrogen-bond acceptors (Lipinski definition) is 8. The number of piperidine rings is 1. The molecule has 8 nitrogen and oxygen atoms in total. The van der Waals surface area contributed by atoms with Crippen molar-refractivity contribution < 1.29 is 14.3 Å². The second kappa shape index (κ2) is 7.98. The molecule has 0 aliphatic carbocycles. The SMILES string of the molecule is CC1(C)OC(=O)c2c1ccnc2NC1CCCN(C(=O)c2ccsc2-c2ncccn2)C1. The van der Waals surface area contributed by atoms with Gasteiger partial charge in [-0.3, -0.25) is 4.79 Å². The van der Waals surface area contributed by atoms with Gasteiger partial charge in [-0.15, -0.1) is 11.3 Å². The van der Waals surface area contributed by atoms with Gasteiger partial charge in [-0.25, -0.2) is 19.7 Å². The van der Waals surface area contributed by atoms with Crippen LogP contribution in [-0.4, -0.2) is 50.9 Å². The fourth-order valence-electron chi connectivity index (χ4n) is 4.33. The minimum absolute atomic E-state index is 0.0155. The van der Waals surface area contributed by atoms with Crippen LogP contribution in [0.25, 0.3) is 10.7 Å². The van der Waals surface area contributed by atoms with Crippen molar-refractivity contribution >= 4 is 29.0 Å². The van der Waals surface area contributed by atoms with Gasteiger partial charge in [0.15, 0.2) is 5.82 Å². The highest BCUT2D eigenvalue weighted by atomic mass is 32.1. The summed E-state index contributed by atoms with van der Waals surface area (Å²) in [6.07, 6.45) is 6.78. The fraction of sp³-hybridized carbons (Fsp3) is 0.348. The third-order valence-electron chi connectivity index (χ3n) is 5.87. The lowest BCUT2D eigenvalue weighted by Crippen LogP contribution is -2.45. The number of rotatable bonds is 4. The number of carbonyl (C=O) groups is 2. The van der Waals surface area contributed by atoms with E-state index in [1.165, 1.54) is 11.3 Å². The number of esters is 1. The van der Waals surface area contributed by atoms with Crippen LogP contribution in [-0.2, 0) is 10.3 Å². The van der Waals surface area contributed by atoms with E-state index >= 15 is 0 Å². The quantitative estimate of drug-likeness (QED) is 0.606. The van der Waals surface area contributed by atoms with E-state index < -0.39 is 5.60 Å². The van der Waals surface area contributed by atoms with Crippen LogP contribution in [0.1, 0.15) is 53.0 Å². The van der Waals surface area contributed by atoms with Crippen molar-refractivity contribution in [1.29, 1.82) is 0 Å². The summed E-state index contributed by atoms with van der Waals surface area (Å²) in [5.74, 6) is 0.677. The molecule has 3 aromatic rings. The average Bonchev–Trinajstić information content (AvgIpc) is 3.37. The summed E-state index contributed by atoms with van der Waals surface area (Å²) in [6.45, 7) is 4.94. The summed E-state index contributed by atoms with van der Waals surface area (Å²) in [5, 5.41) is 5.29. The van der Waals surface area contributed by atoms with Gasteiger partial charge in [-0.05, 0) is 50.3 Å². The van der Waals surface area contributed by atoms with Gasteiger partial charge in [0.05, 0.1) is 10.4 Å². The van der Waals surface area contributed by atoms with Crippen LogP contribution in [0.5, 0.6) is 0 Å². The molecule has 32 heavy (non-hydrogen) atoms. The highest BCUT2D eigenvalue weighted by molar-refractivity contribution is 7.14. The maximum absolute atomic E-state index is 13.3. The number of pyridine rings is 1. The first-order chi connectivity index (χ1) is 15.4. The maximum atomic E-state index is 13.3. The molecule has 1 saturated heterocycles. The second-order valence-electron chi connectivity index (χ2n) is 8.45. The van der Waals surface area contributed by atoms with Gasteiger partial charge in [-0.2, -0.15) is 0 Å². The smallest absolute Gasteiger partial charge is 0.343 e. The Bertz CT molecular complexity index is 1180. The molecule has 2 aliphatic heterocycles. The molecule has 0 aromatic carbocycles. The van der Waals surface area contributed by atoms with Crippen molar-refractivity contribution in [2.24, 2.45) is 0 Å². The summed E-state index contributed by atoms with van der Waals surface area (Å²) in [5.41, 5.74) is 1.26. The lowest BCUT2D eigenvalue weighted by atomic mass is 9.97. The van der Waals surface area contributed by atoms with Gasteiger partial charge < -0.3 is 15.0 Å². The van der Waals surface area contributed by atoms with Crippen molar-refractivity contribution in [3.8, 4) is 10.7 Å². The number of aromatic nitrogens is 3. The zero-order valence-electron chi connectivity index (χ0n) is 17.9. The molecule has 3 aromatic heterocycles. The van der Waals surface area contributed by atoms with Gasteiger partial charge in [0.2, 0.25) is 0 Å². The molecule has 0 bridgehead atoms. The molecule has 1 N–H and O–H groups in total. The largest absolute Gasteiger partial charge is 0.451 e. The number of ether oxygens (including phenoxy) is 1. The summed E-state index contributed by atoms with van der Waals surface area (Å²) < 4.78 is 5.52. The van der Waals surface area contributed by atoms with Crippen molar-refractivity contribution in [2.75, 3.05) is 18.4 Å². The number of nitrogens with zero attached hydrogens (tertiary/aromatic N) is 4. The first-order valence-corrected chi connectivity index (χ1v) is 11.5. The number of thiophene rings is 1. The van der Waals surface area contributed by atoms with E-state index in [2.05, 4.69) is 20.3 Å². The standard InChI is InChI=1S/C23H23N5O3S/c1-23(2)16-6-10-26-19(17(16)22(30)31-23)27-14-5-3-11-28(13-14)21(29)15-7-12-32-18(15)20-24-8-4-9-25-20/h4,6-10,12,14H,3,5,11,13H2,1-2H3,(H,26,27). The Balaban J connectivity index is 1.35. The monoisotopic (exact) mass is 449 g/mol. The summed E-state index contributed by atoms with van der Waals surface area (Å²) in [4.78, 5) is 41.4. The van der Waals surface area contributed by atoms with Crippen molar-refractivity contribution in [2.45, 2.75) is 38.3 Å². The Kier molecular flexibility index (Phi) is 5.13. The number of anilines is 1. The number of nitrogens with one attached hydrogen (secondary N) is 1. The van der Waals surface area contributed by atoms with Crippen molar-refractivity contribution in [1.82, 2.24) is 19.9 Å². The third-order valence-corrected chi connectivity index (χ3v) is 6.78. The molecule has 1 amide bonds. The highest BCUT2D eigenvalue weighted by Gasteiger charge is 2.40. The minimum atomic E-state index is -0.671. The molecular formula is C23H23N5O3S. The number of carbonyl (C=O) groups excluding carboxylic acids is 2. The van der Waals surface area contributed by atoms with Gasteiger partial charge in [0.25, 0.3) is 5.91 Å². The molecule has 164 valence electrons. The highest BCUT2D eigenvalue weighted by Crippen LogP contribution is 2.38. The first kappa shape index (κ1) is 20.6. The molecule has 0 saturated carbocycles. The first-order valence-electron chi connectivity index (χ1n) is 10.6. The number of cyclic esters (lactones) is 1. The van der Waals surface area contributed by atoms with E-state index in [9.17, 15) is 9.59 Å². The fourth-order valence-corrected chi connectivity index (χ4v) is 5.16. The Morgan fingerprint density at radius 2 is 2.03 bits per heavy atom. The Morgan fingerprint density at radius 1 is 1.22 bits per heavy atom. The molecule has 2 aliphatic rings. The third kappa shape index (κ3) is 3.62. The number of hydrogen-bond donors (Lipinski definition) is 1. The van der Waals surface area contributed by atoms with E-state index in [1.54, 1.807) is 24.7 Å². The lowest BCUT2D eigenvalue weighted by molar-refractivity contribution is 0.00956. The molecule has 1 fully saturated rings. The molecule has 1 unspecified atom stereocenters. The summed E-state index contributed by atoms with van der Waals surface area (Å²) in [6, 6.07) is 5.40. The van der Waals surface area contributed by atoms with Crippen LogP contribution in [0.2, 0.25) is 0 Å². The normalized spacial score (nSPS) is 19.4. The van der Waals surface area contributed by atoms with E-state index in [1.807, 2.05) is 36.3 Å². The maximum Gasteiger partial charge on any atom is 0.343 e. The van der Waals surface area contributed by atoms with Crippen LogP contribution in [0.15, 0.2) is 42.2 Å². The Morgan fingerprint density at radius 3 is 2.84 bits per heavy atom. The van der Waals surface area contributed by atoms with E-state index in [0.717, 1.165) is 23.3 Å². The molecular weight excluding hydrogens is 426 g/mol. The second-order valence-corrected chi connectivity index (χ2v) is 9.37. The lowest BCUT2D eigenvalue weighted by Gasteiger charge is -2.33. The van der Waals surface area contributed by atoms with E-state index in [0.29, 0.717) is 35.9 Å². The molecule has 0 spiro atoms. The van der Waals surface area contributed by atoms with Crippen LogP contribution in [0.3, 0.4) is 0 Å². The number of likely N-dealkylation sites (tertiary alicyclic amines) is 1. The molecule has 5 rings (SSSR count). The van der Waals surface area contributed by atoms with Gasteiger partial charge in [0, 0.05) is 43.3 Å². The predicted octanol–water partition coefficient (Wildman–Crippen LogP) is 3.72. The number of amides is 1. The molecule has 5 heterocycles. The average molecular weight is 450 g/mol. The topological polar surface area (TPSA) is 97.3 Å². The summed E-state index contributed by atoms with van der Waals surface area (Å²) in [7, 11) is 0. The summed E-state index contributed by atoms with van der Waals surface area (Å²) >= 11 is 1.46. The predicted molar refractivity (Wildman–Crippen MR) is 121 cm³/mol. The molecule has 0 radical (unpaired) electrons. The van der Waals surface area contributed by atoms with Gasteiger partial charge >= 0.3 is 5.97 Å². The van der Waals surface area contributed by atoms with E-state index in [-0.39, 0.29) is 17.9 Å². The van der Waals surface area contributed by atoms with Crippen molar-refractivity contribution in [3.63, 3.8) is 0 Å². The van der Waals surface area contributed by atoms with Crippen LogP contribution in [0, 0.1) is 0 Å². The van der Waals surface area contributed by atoms with Crippen LogP contribution in [0.4, 0.5) is 5.82 Å². The molecule has 9 heteroatoms. The Labute approximate surface area is 189 Å². The zero-order valence-corrected chi connectivity index (χ0v) is 18.7. The van der Waals surface area contributed by atoms with E-state index in [4.69, 9.17) is 4.74 Å². The van der Waals surface area contributed by atoms with Crippen LogP contribution < -0.4 is 5.32 Å². The minimum Gasteiger partial charge on any atom is -0.451 e. The van der Waals surface area contributed by atoms with Gasteiger partial charge in [0.1, 0.15) is 17.0 Å². The van der Waals surface area contributed by atoms with Gasteiger partial charge in [-0.1, -0.05) is 0 Å². The number of fused-ring (bicyclic) bond motifs is 1. The van der Waals surface area contributed by atoms with Crippen LogP contribution >= 0.6 is 11.3 Å². The molecule has 1 atom stereocenters. The Hall–Kier alpha value is -3.33. The zero-order chi connectivity index (χ0) is 22.3.